The number of carbonyl (C=O) groups is 1. The number of aryl methyl sites for hydroxylation is 1. The average Bonchev–Trinajstić information content (AvgIpc) is 2.85. The molecule has 1 aromatic rings. The van der Waals surface area contributed by atoms with Crippen LogP contribution in [0.4, 0.5) is 4.39 Å². The number of rotatable bonds is 5. The number of amides is 1. The molecule has 1 aromatic carbocycles. The van der Waals surface area contributed by atoms with Gasteiger partial charge in [0.15, 0.2) is 0 Å². The van der Waals surface area contributed by atoms with Crippen molar-refractivity contribution in [2.24, 2.45) is 5.92 Å². The van der Waals surface area contributed by atoms with Crippen LogP contribution in [-0.4, -0.2) is 23.7 Å². The Morgan fingerprint density at radius 2 is 2.05 bits per heavy atom. The molecule has 1 amide bonds. The van der Waals surface area contributed by atoms with E-state index in [2.05, 4.69) is 5.32 Å². The maximum atomic E-state index is 12.7. The maximum Gasteiger partial charge on any atom is 0.220 e. The summed E-state index contributed by atoms with van der Waals surface area (Å²) in [6.07, 6.45) is 4.02. The Hall–Kier alpha value is -1.42. The van der Waals surface area contributed by atoms with Crippen LogP contribution in [0.25, 0.3) is 0 Å². The molecule has 0 heterocycles. The van der Waals surface area contributed by atoms with Crippen LogP contribution >= 0.6 is 0 Å². The first-order chi connectivity index (χ1) is 9.19. The molecule has 0 aliphatic heterocycles. The summed E-state index contributed by atoms with van der Waals surface area (Å²) in [5, 5.41) is 12.2. The highest BCUT2D eigenvalue weighted by Crippen LogP contribution is 2.25. The molecule has 0 spiro atoms. The van der Waals surface area contributed by atoms with Crippen LogP contribution in [0.1, 0.15) is 31.2 Å². The van der Waals surface area contributed by atoms with Crippen molar-refractivity contribution in [3.63, 3.8) is 0 Å². The fraction of sp³-hybridized carbons (Fsp3) is 0.533. The molecule has 3 nitrogen and oxygen atoms in total. The Kier molecular flexibility index (Phi) is 4.91. The van der Waals surface area contributed by atoms with Gasteiger partial charge in [0.25, 0.3) is 0 Å². The van der Waals surface area contributed by atoms with E-state index >= 15 is 0 Å². The molecular weight excluding hydrogens is 245 g/mol. The zero-order valence-corrected chi connectivity index (χ0v) is 10.9. The first-order valence-electron chi connectivity index (χ1n) is 6.83. The second-order valence-corrected chi connectivity index (χ2v) is 5.17. The summed E-state index contributed by atoms with van der Waals surface area (Å²) in [4.78, 5) is 11.8. The minimum Gasteiger partial charge on any atom is -0.396 e. The number of carbonyl (C=O) groups excluding carboxylic acids is 1. The standard InChI is InChI=1S/C15H20FNO2/c16-13-7-4-11(5-8-13)6-9-15(19)17-14-3-1-2-12(14)10-18/h4-5,7-8,12,14,18H,1-3,6,9-10H2,(H,17,19). The lowest BCUT2D eigenvalue weighted by atomic mass is 10.0. The van der Waals surface area contributed by atoms with Crippen molar-refractivity contribution in [2.75, 3.05) is 6.61 Å². The molecule has 0 saturated heterocycles. The lowest BCUT2D eigenvalue weighted by Gasteiger charge is -2.18. The summed E-state index contributed by atoms with van der Waals surface area (Å²) in [6, 6.07) is 6.34. The molecule has 1 saturated carbocycles. The minimum atomic E-state index is -0.259. The highest BCUT2D eigenvalue weighted by atomic mass is 19.1. The molecule has 0 bridgehead atoms. The lowest BCUT2D eigenvalue weighted by Crippen LogP contribution is -2.38. The Labute approximate surface area is 112 Å². The van der Waals surface area contributed by atoms with Crippen LogP contribution in [0, 0.1) is 11.7 Å². The summed E-state index contributed by atoms with van der Waals surface area (Å²) in [5.74, 6) is -0.0469. The summed E-state index contributed by atoms with van der Waals surface area (Å²) < 4.78 is 12.7. The summed E-state index contributed by atoms with van der Waals surface area (Å²) in [6.45, 7) is 0.142. The SMILES string of the molecule is O=C(CCc1ccc(F)cc1)NC1CCCC1CO. The van der Waals surface area contributed by atoms with Gasteiger partial charge in [-0.1, -0.05) is 18.6 Å². The van der Waals surface area contributed by atoms with E-state index in [-0.39, 0.29) is 30.3 Å². The van der Waals surface area contributed by atoms with Crippen molar-refractivity contribution in [2.45, 2.75) is 38.1 Å². The Morgan fingerprint density at radius 1 is 1.32 bits per heavy atom. The van der Waals surface area contributed by atoms with Gasteiger partial charge in [-0.15, -0.1) is 0 Å². The van der Waals surface area contributed by atoms with Crippen LogP contribution < -0.4 is 5.32 Å². The maximum absolute atomic E-state index is 12.7. The minimum absolute atomic E-state index is 0.00896. The molecule has 1 aliphatic carbocycles. The van der Waals surface area contributed by atoms with Crippen LogP contribution in [0.5, 0.6) is 0 Å². The zero-order chi connectivity index (χ0) is 13.7. The highest BCUT2D eigenvalue weighted by Gasteiger charge is 2.27. The van der Waals surface area contributed by atoms with Crippen LogP contribution in [0.2, 0.25) is 0 Å². The number of hydrogen-bond donors (Lipinski definition) is 2. The van der Waals surface area contributed by atoms with E-state index in [0.717, 1.165) is 24.8 Å². The first-order valence-corrected chi connectivity index (χ1v) is 6.83. The van der Waals surface area contributed by atoms with E-state index in [9.17, 15) is 14.3 Å². The molecule has 2 rings (SSSR count). The van der Waals surface area contributed by atoms with Crippen molar-refractivity contribution < 1.29 is 14.3 Å². The Balaban J connectivity index is 1.77. The van der Waals surface area contributed by atoms with Crippen molar-refractivity contribution in [1.82, 2.24) is 5.32 Å². The molecule has 0 radical (unpaired) electrons. The molecule has 1 aliphatic rings. The van der Waals surface area contributed by atoms with E-state index < -0.39 is 0 Å². The van der Waals surface area contributed by atoms with E-state index in [1.807, 2.05) is 0 Å². The fourth-order valence-corrected chi connectivity index (χ4v) is 2.63. The van der Waals surface area contributed by atoms with Gasteiger partial charge < -0.3 is 10.4 Å². The second kappa shape index (κ2) is 6.66. The van der Waals surface area contributed by atoms with Gasteiger partial charge in [-0.05, 0) is 37.0 Å². The van der Waals surface area contributed by atoms with Crippen molar-refractivity contribution in [3.05, 3.63) is 35.6 Å². The molecule has 19 heavy (non-hydrogen) atoms. The van der Waals surface area contributed by atoms with Crippen LogP contribution in [0.15, 0.2) is 24.3 Å². The number of nitrogens with one attached hydrogen (secondary N) is 1. The fourth-order valence-electron chi connectivity index (χ4n) is 2.63. The van der Waals surface area contributed by atoms with Crippen molar-refractivity contribution >= 4 is 5.91 Å². The molecule has 1 fully saturated rings. The zero-order valence-electron chi connectivity index (χ0n) is 10.9. The van der Waals surface area contributed by atoms with Gasteiger partial charge in [-0.25, -0.2) is 4.39 Å². The smallest absolute Gasteiger partial charge is 0.220 e. The number of aliphatic hydroxyl groups excluding tert-OH is 1. The quantitative estimate of drug-likeness (QED) is 0.856. The third-order valence-electron chi connectivity index (χ3n) is 3.79. The third kappa shape index (κ3) is 4.03. The normalized spacial score (nSPS) is 22.4. The van der Waals surface area contributed by atoms with Gasteiger partial charge in [-0.3, -0.25) is 4.79 Å². The van der Waals surface area contributed by atoms with Gasteiger partial charge in [0, 0.05) is 25.0 Å². The van der Waals surface area contributed by atoms with Gasteiger partial charge in [0.1, 0.15) is 5.82 Å². The third-order valence-corrected chi connectivity index (χ3v) is 3.79. The van der Waals surface area contributed by atoms with Crippen molar-refractivity contribution in [1.29, 1.82) is 0 Å². The number of aliphatic hydroxyl groups is 1. The second-order valence-electron chi connectivity index (χ2n) is 5.17. The highest BCUT2D eigenvalue weighted by molar-refractivity contribution is 5.76. The predicted molar refractivity (Wildman–Crippen MR) is 71.1 cm³/mol. The summed E-state index contributed by atoms with van der Waals surface area (Å²) in [5.41, 5.74) is 0.960. The predicted octanol–water partition coefficient (Wildman–Crippen LogP) is 2.04. The molecule has 2 N–H and O–H groups in total. The lowest BCUT2D eigenvalue weighted by molar-refractivity contribution is -0.122. The van der Waals surface area contributed by atoms with Gasteiger partial charge in [0.05, 0.1) is 0 Å². The Bertz CT molecular complexity index is 419. The monoisotopic (exact) mass is 265 g/mol. The molecule has 0 aromatic heterocycles. The molecule has 4 heteroatoms. The summed E-state index contributed by atoms with van der Waals surface area (Å²) >= 11 is 0. The van der Waals surface area contributed by atoms with E-state index in [0.29, 0.717) is 12.8 Å². The van der Waals surface area contributed by atoms with Gasteiger partial charge in [-0.2, -0.15) is 0 Å². The topological polar surface area (TPSA) is 49.3 Å². The number of halogens is 1. The van der Waals surface area contributed by atoms with Gasteiger partial charge in [0.2, 0.25) is 5.91 Å². The van der Waals surface area contributed by atoms with E-state index in [1.165, 1.54) is 12.1 Å². The molecule has 104 valence electrons. The molecule has 2 unspecified atom stereocenters. The van der Waals surface area contributed by atoms with Crippen molar-refractivity contribution in [3.8, 4) is 0 Å². The van der Waals surface area contributed by atoms with Gasteiger partial charge >= 0.3 is 0 Å². The van der Waals surface area contributed by atoms with E-state index in [1.54, 1.807) is 12.1 Å². The molecule has 2 atom stereocenters. The largest absolute Gasteiger partial charge is 0.396 e. The number of hydrogen-bond acceptors (Lipinski definition) is 2. The van der Waals surface area contributed by atoms with Crippen LogP contribution in [-0.2, 0) is 11.2 Å². The number of benzene rings is 1. The molecular formula is C15H20FNO2. The Morgan fingerprint density at radius 3 is 2.74 bits per heavy atom. The van der Waals surface area contributed by atoms with E-state index in [4.69, 9.17) is 0 Å². The average molecular weight is 265 g/mol. The summed E-state index contributed by atoms with van der Waals surface area (Å²) in [7, 11) is 0. The first kappa shape index (κ1) is 14.0. The van der Waals surface area contributed by atoms with Crippen LogP contribution in [0.3, 0.4) is 0 Å².